The standard InChI is InChI=1S/C29H33F2N3O4S/c1-18(2)27-25-10-9-24(28(35)33-15-20-4-7-22(8-5-20)19(3)39(36)37)14-23(25)12-13-34(27)17-21-6-11-26(32-16-21)38-29(30)31/h4-11,14,16,18-19,27,29H,12-13,15,17H2,1-3H3,(H,33,35)(H,36,37)/p-1/t19?,27-/m1/s1. The molecule has 0 saturated carbocycles. The summed E-state index contributed by atoms with van der Waals surface area (Å²) in [6.45, 7) is 4.78. The third-order valence-corrected chi connectivity index (χ3v) is 7.85. The third-order valence-electron chi connectivity index (χ3n) is 7.00. The molecular weight excluding hydrogens is 524 g/mol. The number of ether oxygens (including phenoxy) is 1. The van der Waals surface area contributed by atoms with Crippen molar-refractivity contribution in [3.8, 4) is 5.88 Å². The minimum atomic E-state index is -2.90. The number of hydrogen-bond donors (Lipinski definition) is 1. The molecule has 1 aliphatic heterocycles. The first-order valence-corrected chi connectivity index (χ1v) is 14.0. The van der Waals surface area contributed by atoms with Gasteiger partial charge in [-0.15, -0.1) is 0 Å². The number of pyridine rings is 1. The molecule has 2 unspecified atom stereocenters. The van der Waals surface area contributed by atoms with Gasteiger partial charge in [-0.3, -0.25) is 13.9 Å². The van der Waals surface area contributed by atoms with Crippen LogP contribution in [0.5, 0.6) is 5.88 Å². The van der Waals surface area contributed by atoms with Gasteiger partial charge in [0.05, 0.1) is 0 Å². The van der Waals surface area contributed by atoms with Crippen molar-refractivity contribution >= 4 is 17.0 Å². The van der Waals surface area contributed by atoms with Gasteiger partial charge >= 0.3 is 6.61 Å². The molecule has 1 N–H and O–H groups in total. The molecule has 4 rings (SSSR count). The summed E-state index contributed by atoms with van der Waals surface area (Å²) in [7, 11) is 0. The minimum absolute atomic E-state index is 0.104. The zero-order valence-electron chi connectivity index (χ0n) is 22.1. The van der Waals surface area contributed by atoms with Gasteiger partial charge in [-0.1, -0.05) is 50.2 Å². The number of hydrogen-bond acceptors (Lipinski definition) is 6. The maximum Gasteiger partial charge on any atom is 0.388 e. The van der Waals surface area contributed by atoms with Crippen LogP contribution in [0.25, 0.3) is 0 Å². The Balaban J connectivity index is 1.41. The fourth-order valence-corrected chi connectivity index (χ4v) is 5.39. The summed E-state index contributed by atoms with van der Waals surface area (Å²) in [5, 5.41) is 2.37. The quantitative estimate of drug-likeness (QED) is 0.340. The summed E-state index contributed by atoms with van der Waals surface area (Å²) < 4.78 is 51.5. The summed E-state index contributed by atoms with van der Waals surface area (Å²) in [4.78, 5) is 19.3. The fraction of sp³-hybridized carbons (Fsp3) is 0.379. The van der Waals surface area contributed by atoms with Crippen LogP contribution in [-0.4, -0.2) is 37.7 Å². The van der Waals surface area contributed by atoms with Crippen LogP contribution in [0, 0.1) is 5.92 Å². The van der Waals surface area contributed by atoms with Gasteiger partial charge in [0, 0.05) is 48.8 Å². The van der Waals surface area contributed by atoms with Crippen molar-refractivity contribution in [2.45, 2.75) is 58.2 Å². The lowest BCUT2D eigenvalue weighted by molar-refractivity contribution is -0.0528. The topological polar surface area (TPSA) is 94.6 Å². The zero-order valence-corrected chi connectivity index (χ0v) is 22.9. The van der Waals surface area contributed by atoms with Gasteiger partial charge < -0.3 is 14.6 Å². The van der Waals surface area contributed by atoms with Gasteiger partial charge in [0.25, 0.3) is 5.91 Å². The minimum Gasteiger partial charge on any atom is -0.772 e. The van der Waals surface area contributed by atoms with Crippen molar-refractivity contribution in [3.05, 3.63) is 94.2 Å². The monoisotopic (exact) mass is 556 g/mol. The highest BCUT2D eigenvalue weighted by Gasteiger charge is 2.30. The molecule has 39 heavy (non-hydrogen) atoms. The maximum atomic E-state index is 12.9. The highest BCUT2D eigenvalue weighted by molar-refractivity contribution is 7.79. The highest BCUT2D eigenvalue weighted by atomic mass is 32.2. The Bertz CT molecular complexity index is 1300. The van der Waals surface area contributed by atoms with Gasteiger partial charge in [0.2, 0.25) is 5.88 Å². The van der Waals surface area contributed by atoms with Crippen LogP contribution in [-0.2, 0) is 30.6 Å². The van der Waals surface area contributed by atoms with E-state index in [2.05, 4.69) is 33.8 Å². The molecule has 0 saturated heterocycles. The Morgan fingerprint density at radius 1 is 1.13 bits per heavy atom. The number of carbonyl (C=O) groups is 1. The molecule has 208 valence electrons. The van der Waals surface area contributed by atoms with Crippen LogP contribution in [0.15, 0.2) is 60.8 Å². The van der Waals surface area contributed by atoms with E-state index in [0.29, 0.717) is 30.1 Å². The Hall–Kier alpha value is -3.21. The van der Waals surface area contributed by atoms with E-state index in [1.165, 1.54) is 11.6 Å². The lowest BCUT2D eigenvalue weighted by Gasteiger charge is -2.40. The number of benzene rings is 2. The Labute approximate surface area is 229 Å². The van der Waals surface area contributed by atoms with Crippen molar-refractivity contribution in [2.24, 2.45) is 5.92 Å². The predicted octanol–water partition coefficient (Wildman–Crippen LogP) is 5.31. The van der Waals surface area contributed by atoms with Crippen molar-refractivity contribution in [2.75, 3.05) is 6.54 Å². The number of alkyl halides is 2. The van der Waals surface area contributed by atoms with Gasteiger partial charge in [-0.25, -0.2) is 4.98 Å². The molecule has 3 aromatic rings. The number of nitrogens with one attached hydrogen (secondary N) is 1. The van der Waals surface area contributed by atoms with Gasteiger partial charge in [0.15, 0.2) is 0 Å². The Kier molecular flexibility index (Phi) is 9.42. The van der Waals surface area contributed by atoms with E-state index in [1.807, 2.05) is 30.3 Å². The molecule has 1 amide bonds. The third kappa shape index (κ3) is 7.26. The van der Waals surface area contributed by atoms with Crippen LogP contribution in [0.3, 0.4) is 0 Å². The summed E-state index contributed by atoms with van der Waals surface area (Å²) in [6, 6.07) is 16.3. The maximum absolute atomic E-state index is 12.9. The number of fused-ring (bicyclic) bond motifs is 1. The van der Waals surface area contributed by atoms with E-state index in [4.69, 9.17) is 0 Å². The summed E-state index contributed by atoms with van der Waals surface area (Å²) in [5.74, 6) is 0.0342. The van der Waals surface area contributed by atoms with Crippen LogP contribution < -0.4 is 10.1 Å². The number of carbonyl (C=O) groups excluding carboxylic acids is 1. The molecular formula is C29H32F2N3O4S-. The van der Waals surface area contributed by atoms with Crippen LogP contribution in [0.4, 0.5) is 8.78 Å². The summed E-state index contributed by atoms with van der Waals surface area (Å²) in [6.07, 6.45) is 2.34. The van der Waals surface area contributed by atoms with Crippen molar-refractivity contribution in [3.63, 3.8) is 0 Å². The first-order valence-electron chi connectivity index (χ1n) is 12.8. The van der Waals surface area contributed by atoms with E-state index >= 15 is 0 Å². The molecule has 0 radical (unpaired) electrons. The smallest absolute Gasteiger partial charge is 0.388 e. The van der Waals surface area contributed by atoms with Crippen molar-refractivity contribution < 1.29 is 27.1 Å². The second-order valence-corrected chi connectivity index (χ2v) is 11.3. The van der Waals surface area contributed by atoms with Gasteiger partial charge in [-0.05, 0) is 70.3 Å². The zero-order chi connectivity index (χ0) is 28.1. The highest BCUT2D eigenvalue weighted by Crippen LogP contribution is 2.36. The summed E-state index contributed by atoms with van der Waals surface area (Å²) >= 11 is -2.18. The van der Waals surface area contributed by atoms with E-state index in [1.54, 1.807) is 31.3 Å². The van der Waals surface area contributed by atoms with E-state index in [9.17, 15) is 22.3 Å². The Morgan fingerprint density at radius 3 is 2.46 bits per heavy atom. The van der Waals surface area contributed by atoms with Gasteiger partial charge in [0.1, 0.15) is 0 Å². The van der Waals surface area contributed by atoms with Crippen LogP contribution in [0.2, 0.25) is 0 Å². The SMILES string of the molecule is CC(C)[C@@H]1c2ccc(C(=O)NCc3ccc(C(C)S(=O)[O-])cc3)cc2CCN1Cc1ccc(OC(F)F)nc1. The van der Waals surface area contributed by atoms with Crippen molar-refractivity contribution in [1.82, 2.24) is 15.2 Å². The van der Waals surface area contributed by atoms with E-state index in [-0.39, 0.29) is 17.8 Å². The first-order chi connectivity index (χ1) is 18.6. The predicted molar refractivity (Wildman–Crippen MR) is 144 cm³/mol. The molecule has 0 fully saturated rings. The lowest BCUT2D eigenvalue weighted by Crippen LogP contribution is -2.38. The molecule has 0 aliphatic carbocycles. The number of nitrogens with zero attached hydrogens (tertiary/aromatic N) is 2. The first kappa shape index (κ1) is 28.8. The molecule has 10 heteroatoms. The Morgan fingerprint density at radius 2 is 1.85 bits per heavy atom. The van der Waals surface area contributed by atoms with Gasteiger partial charge in [-0.2, -0.15) is 8.78 Å². The lowest BCUT2D eigenvalue weighted by atomic mass is 9.85. The molecule has 3 atom stereocenters. The molecule has 0 bridgehead atoms. The van der Waals surface area contributed by atoms with Crippen LogP contribution in [0.1, 0.15) is 70.2 Å². The second-order valence-electron chi connectivity index (χ2n) is 10.0. The fourth-order valence-electron chi connectivity index (χ4n) is 5.01. The molecule has 2 heterocycles. The number of amides is 1. The average molecular weight is 557 g/mol. The van der Waals surface area contributed by atoms with Crippen molar-refractivity contribution in [1.29, 1.82) is 0 Å². The molecule has 7 nitrogen and oxygen atoms in total. The number of rotatable bonds is 10. The number of aromatic nitrogens is 1. The average Bonchev–Trinajstić information content (AvgIpc) is 2.91. The molecule has 0 spiro atoms. The van der Waals surface area contributed by atoms with E-state index < -0.39 is 22.9 Å². The second kappa shape index (κ2) is 12.8. The number of halogens is 2. The molecule has 2 aromatic carbocycles. The molecule has 1 aromatic heterocycles. The van der Waals surface area contributed by atoms with E-state index in [0.717, 1.165) is 29.7 Å². The molecule has 1 aliphatic rings. The normalized spacial score (nSPS) is 17.1. The summed E-state index contributed by atoms with van der Waals surface area (Å²) in [5.41, 5.74) is 5.41. The largest absolute Gasteiger partial charge is 0.772 e. The van der Waals surface area contributed by atoms with Crippen LogP contribution >= 0.6 is 0 Å².